The molecule has 1 aliphatic heterocycles. The van der Waals surface area contributed by atoms with Gasteiger partial charge in [-0.05, 0) is 18.2 Å². The molecule has 1 fully saturated rings. The lowest BCUT2D eigenvalue weighted by Crippen LogP contribution is -2.36. The Bertz CT molecular complexity index is 1170. The van der Waals surface area contributed by atoms with Crippen LogP contribution in [0.15, 0.2) is 42.9 Å². The van der Waals surface area contributed by atoms with Gasteiger partial charge in [-0.25, -0.2) is 24.3 Å². The summed E-state index contributed by atoms with van der Waals surface area (Å²) < 4.78 is 19.7. The monoisotopic (exact) mass is 425 g/mol. The number of H-pyrrole nitrogens is 1. The van der Waals surface area contributed by atoms with Crippen molar-refractivity contribution < 1.29 is 9.13 Å². The van der Waals surface area contributed by atoms with Gasteiger partial charge in [-0.3, -0.25) is 0 Å². The molecule has 4 aromatic rings. The number of morpholine rings is 1. The first-order valence-electron chi connectivity index (χ1n) is 9.40. The first-order valence-corrected chi connectivity index (χ1v) is 9.78. The van der Waals surface area contributed by atoms with Crippen molar-refractivity contribution in [1.29, 1.82) is 0 Å². The number of fused-ring (bicyclic) bond motifs is 1. The Morgan fingerprint density at radius 3 is 2.73 bits per heavy atom. The molecule has 4 heterocycles. The van der Waals surface area contributed by atoms with E-state index < -0.39 is 5.82 Å². The number of ether oxygens (including phenoxy) is 1. The van der Waals surface area contributed by atoms with Crippen molar-refractivity contribution in [2.24, 2.45) is 0 Å². The molecule has 8 nitrogen and oxygen atoms in total. The summed E-state index contributed by atoms with van der Waals surface area (Å²) in [7, 11) is 0. The van der Waals surface area contributed by atoms with Crippen molar-refractivity contribution in [2.75, 3.05) is 36.5 Å². The number of benzene rings is 1. The van der Waals surface area contributed by atoms with Crippen LogP contribution in [0.5, 0.6) is 0 Å². The molecular formula is C20H17ClFN7O. The Hall–Kier alpha value is -3.30. The van der Waals surface area contributed by atoms with Gasteiger partial charge >= 0.3 is 0 Å². The third-order valence-electron chi connectivity index (χ3n) is 4.82. The van der Waals surface area contributed by atoms with E-state index in [2.05, 4.69) is 35.1 Å². The van der Waals surface area contributed by atoms with Gasteiger partial charge in [0.25, 0.3) is 0 Å². The van der Waals surface area contributed by atoms with E-state index in [0.29, 0.717) is 41.7 Å². The summed E-state index contributed by atoms with van der Waals surface area (Å²) in [6.45, 7) is 2.94. The van der Waals surface area contributed by atoms with Gasteiger partial charge in [0.15, 0.2) is 5.82 Å². The second-order valence-electron chi connectivity index (χ2n) is 6.72. The van der Waals surface area contributed by atoms with Crippen molar-refractivity contribution in [3.05, 3.63) is 53.7 Å². The summed E-state index contributed by atoms with van der Waals surface area (Å²) in [6, 6.07) is 6.28. The number of halogens is 2. The molecule has 5 rings (SSSR count). The summed E-state index contributed by atoms with van der Waals surface area (Å²) in [5, 5.41) is 3.41. The SMILES string of the molecule is Fc1cccc(Cl)c1-c1nc2c(Nc3cnc(N4CCOCC4)cn3)nccc2[nH]1. The van der Waals surface area contributed by atoms with E-state index in [1.807, 2.05) is 0 Å². The highest BCUT2D eigenvalue weighted by molar-refractivity contribution is 6.33. The molecule has 10 heteroatoms. The molecule has 0 radical (unpaired) electrons. The smallest absolute Gasteiger partial charge is 0.159 e. The molecule has 0 unspecified atom stereocenters. The Balaban J connectivity index is 1.44. The first-order chi connectivity index (χ1) is 14.7. The highest BCUT2D eigenvalue weighted by Gasteiger charge is 2.17. The van der Waals surface area contributed by atoms with Crippen molar-refractivity contribution >= 4 is 40.1 Å². The predicted molar refractivity (Wildman–Crippen MR) is 113 cm³/mol. The molecule has 30 heavy (non-hydrogen) atoms. The maximum Gasteiger partial charge on any atom is 0.159 e. The molecular weight excluding hydrogens is 409 g/mol. The van der Waals surface area contributed by atoms with E-state index in [9.17, 15) is 4.39 Å². The minimum absolute atomic E-state index is 0.218. The summed E-state index contributed by atoms with van der Waals surface area (Å²) in [4.78, 5) is 23.0. The van der Waals surface area contributed by atoms with Gasteiger partial charge in [0, 0.05) is 19.3 Å². The predicted octanol–water partition coefficient (Wildman–Crippen LogP) is 3.79. The lowest BCUT2D eigenvalue weighted by molar-refractivity contribution is 0.122. The second-order valence-corrected chi connectivity index (χ2v) is 7.13. The maximum atomic E-state index is 14.3. The van der Waals surface area contributed by atoms with Gasteiger partial charge in [0.05, 0.1) is 41.7 Å². The minimum atomic E-state index is -0.450. The fourth-order valence-electron chi connectivity index (χ4n) is 3.33. The third-order valence-corrected chi connectivity index (χ3v) is 5.14. The van der Waals surface area contributed by atoms with Crippen molar-refractivity contribution in [3.63, 3.8) is 0 Å². The Morgan fingerprint density at radius 2 is 1.97 bits per heavy atom. The molecule has 1 aliphatic rings. The van der Waals surface area contributed by atoms with Crippen LogP contribution in [0.1, 0.15) is 0 Å². The van der Waals surface area contributed by atoms with Crippen LogP contribution in [0.2, 0.25) is 5.02 Å². The van der Waals surface area contributed by atoms with E-state index in [1.54, 1.807) is 36.8 Å². The van der Waals surface area contributed by atoms with Gasteiger partial charge in [0.2, 0.25) is 0 Å². The van der Waals surface area contributed by atoms with Crippen molar-refractivity contribution in [2.45, 2.75) is 0 Å². The number of nitrogens with one attached hydrogen (secondary N) is 2. The van der Waals surface area contributed by atoms with Crippen LogP contribution < -0.4 is 10.2 Å². The standard InChI is InChI=1S/C20H17ClFN7O/c21-12-2-1-3-13(22)17(12)19-26-14-4-5-23-20(18(14)28-19)27-15-10-25-16(11-24-15)29-6-8-30-9-7-29/h1-5,10-11H,6-9H2,(H,26,28)(H,23,24,27). The zero-order valence-electron chi connectivity index (χ0n) is 15.8. The van der Waals surface area contributed by atoms with E-state index in [0.717, 1.165) is 18.9 Å². The largest absolute Gasteiger partial charge is 0.378 e. The third kappa shape index (κ3) is 3.53. The average molecular weight is 426 g/mol. The molecule has 2 N–H and O–H groups in total. The number of imidazole rings is 1. The molecule has 0 amide bonds. The summed E-state index contributed by atoms with van der Waals surface area (Å²) >= 11 is 6.18. The number of hydrogen-bond donors (Lipinski definition) is 2. The molecule has 0 atom stereocenters. The lowest BCUT2D eigenvalue weighted by atomic mass is 10.2. The number of nitrogens with zero attached hydrogens (tertiary/aromatic N) is 5. The average Bonchev–Trinajstić information content (AvgIpc) is 3.20. The molecule has 152 valence electrons. The topological polar surface area (TPSA) is 91.8 Å². The normalized spacial score (nSPS) is 14.3. The molecule has 0 bridgehead atoms. The molecule has 0 saturated carbocycles. The molecule has 1 saturated heterocycles. The summed E-state index contributed by atoms with van der Waals surface area (Å²) in [6.07, 6.45) is 4.99. The number of anilines is 3. The number of rotatable bonds is 4. The van der Waals surface area contributed by atoms with E-state index in [4.69, 9.17) is 16.3 Å². The van der Waals surface area contributed by atoms with Crippen LogP contribution in [0.3, 0.4) is 0 Å². The van der Waals surface area contributed by atoms with Crippen LogP contribution >= 0.6 is 11.6 Å². The highest BCUT2D eigenvalue weighted by atomic mass is 35.5. The van der Waals surface area contributed by atoms with E-state index >= 15 is 0 Å². The van der Waals surface area contributed by atoms with Gasteiger partial charge in [-0.2, -0.15) is 0 Å². The van der Waals surface area contributed by atoms with E-state index in [1.165, 1.54) is 6.07 Å². The van der Waals surface area contributed by atoms with Crippen molar-refractivity contribution in [1.82, 2.24) is 24.9 Å². The molecule has 1 aromatic carbocycles. The Labute approximate surface area is 176 Å². The summed E-state index contributed by atoms with van der Waals surface area (Å²) in [5.41, 5.74) is 1.46. The fraction of sp³-hybridized carbons (Fsp3) is 0.200. The molecule has 0 spiro atoms. The van der Waals surface area contributed by atoms with Crippen LogP contribution in [-0.2, 0) is 4.74 Å². The lowest BCUT2D eigenvalue weighted by Gasteiger charge is -2.27. The number of hydrogen-bond acceptors (Lipinski definition) is 7. The van der Waals surface area contributed by atoms with Crippen LogP contribution in [0, 0.1) is 5.82 Å². The minimum Gasteiger partial charge on any atom is -0.378 e. The van der Waals surface area contributed by atoms with Gasteiger partial charge < -0.3 is 19.9 Å². The maximum absolute atomic E-state index is 14.3. The number of aromatic nitrogens is 5. The van der Waals surface area contributed by atoms with Crippen molar-refractivity contribution in [3.8, 4) is 11.4 Å². The van der Waals surface area contributed by atoms with Gasteiger partial charge in [-0.15, -0.1) is 0 Å². The fourth-order valence-corrected chi connectivity index (χ4v) is 3.58. The quantitative estimate of drug-likeness (QED) is 0.514. The van der Waals surface area contributed by atoms with Crippen LogP contribution in [0.4, 0.5) is 21.8 Å². The zero-order chi connectivity index (χ0) is 20.5. The van der Waals surface area contributed by atoms with E-state index in [-0.39, 0.29) is 10.6 Å². The second kappa shape index (κ2) is 7.85. The van der Waals surface area contributed by atoms with Gasteiger partial charge in [-0.1, -0.05) is 17.7 Å². The van der Waals surface area contributed by atoms with Gasteiger partial charge in [0.1, 0.15) is 28.8 Å². The Morgan fingerprint density at radius 1 is 1.10 bits per heavy atom. The van der Waals surface area contributed by atoms with Crippen LogP contribution in [-0.4, -0.2) is 51.2 Å². The first kappa shape index (κ1) is 18.7. The Kier molecular flexibility index (Phi) is 4.89. The zero-order valence-corrected chi connectivity index (χ0v) is 16.5. The van der Waals surface area contributed by atoms with Crippen LogP contribution in [0.25, 0.3) is 22.4 Å². The molecule has 0 aliphatic carbocycles. The highest BCUT2D eigenvalue weighted by Crippen LogP contribution is 2.31. The number of aromatic amines is 1. The number of pyridine rings is 1. The molecule has 3 aromatic heterocycles. The summed E-state index contributed by atoms with van der Waals surface area (Å²) in [5.74, 6) is 1.69.